The molecule has 0 aliphatic heterocycles. The Labute approximate surface area is 817 Å². The molecule has 3 aliphatic rings. The molecular formula is C137H91N3. The van der Waals surface area contributed by atoms with Crippen molar-refractivity contribution in [2.75, 3.05) is 0 Å². The van der Waals surface area contributed by atoms with Crippen LogP contribution in [0.4, 0.5) is 0 Å². The van der Waals surface area contributed by atoms with Crippen LogP contribution in [-0.2, 0) is 10.8 Å². The first kappa shape index (κ1) is 83.7. The molecule has 0 bridgehead atoms. The van der Waals surface area contributed by atoms with E-state index in [1.807, 2.05) is 36.4 Å². The zero-order valence-electron chi connectivity index (χ0n) is 76.9. The topological polar surface area (TPSA) is 38.7 Å². The van der Waals surface area contributed by atoms with E-state index in [1.165, 1.54) is 122 Å². The van der Waals surface area contributed by atoms with E-state index < -0.39 is 10.8 Å². The van der Waals surface area contributed by atoms with E-state index in [1.54, 1.807) is 0 Å². The van der Waals surface area contributed by atoms with Gasteiger partial charge in [-0.3, -0.25) is 0 Å². The molecule has 3 aliphatic carbocycles. The lowest BCUT2D eigenvalue weighted by Crippen LogP contribution is -2.29. The predicted octanol–water partition coefficient (Wildman–Crippen LogP) is 35.3. The normalized spacial score (nSPS) is 12.4. The van der Waals surface area contributed by atoms with E-state index >= 15 is 0 Å². The van der Waals surface area contributed by atoms with Crippen molar-refractivity contribution in [3.63, 3.8) is 0 Å². The average molecular weight is 1780 g/mol. The summed E-state index contributed by atoms with van der Waals surface area (Å²) in [6.45, 7) is 0. The van der Waals surface area contributed by atoms with Gasteiger partial charge in [0, 0.05) is 16.7 Å². The number of benzene rings is 22. The van der Waals surface area contributed by atoms with Crippen LogP contribution >= 0.6 is 0 Å². The minimum absolute atomic E-state index is 0.410. The first-order valence-corrected chi connectivity index (χ1v) is 48.2. The number of nitrogens with zero attached hydrogens (tertiary/aromatic N) is 3. The summed E-state index contributed by atoms with van der Waals surface area (Å²) in [6.07, 6.45) is 0. The summed E-state index contributed by atoms with van der Waals surface area (Å²) in [7, 11) is 0. The summed E-state index contributed by atoms with van der Waals surface area (Å²) in [5.74, 6) is 2.00. The molecule has 1 aromatic heterocycles. The Balaban J connectivity index is 0.000000199. The van der Waals surface area contributed by atoms with E-state index in [0.29, 0.717) is 17.5 Å². The molecule has 654 valence electrons. The Hall–Kier alpha value is -18.2. The van der Waals surface area contributed by atoms with Crippen LogP contribution in [-0.4, -0.2) is 15.0 Å². The zero-order valence-corrected chi connectivity index (χ0v) is 76.9. The maximum Gasteiger partial charge on any atom is 0.164 e. The van der Waals surface area contributed by atoms with Gasteiger partial charge in [0.2, 0.25) is 0 Å². The first-order valence-electron chi connectivity index (χ1n) is 48.2. The summed E-state index contributed by atoms with van der Waals surface area (Å²) in [5.41, 5.74) is 46.8. The molecule has 0 saturated heterocycles. The Morgan fingerprint density at radius 2 is 0.257 bits per heavy atom. The fourth-order valence-electron chi connectivity index (χ4n) is 22.1. The van der Waals surface area contributed by atoms with Gasteiger partial charge in [-0.25, -0.2) is 15.0 Å². The Kier molecular flexibility index (Phi) is 21.5. The zero-order chi connectivity index (χ0) is 92.9. The van der Waals surface area contributed by atoms with E-state index in [9.17, 15) is 0 Å². The smallest absolute Gasteiger partial charge is 0.164 e. The quantitative estimate of drug-likeness (QED) is 0.0912. The van der Waals surface area contributed by atoms with Crippen molar-refractivity contribution in [3.05, 3.63) is 597 Å². The highest BCUT2D eigenvalue weighted by atomic mass is 15.0. The number of aromatic nitrogens is 3. The Morgan fingerprint density at radius 3 is 0.471 bits per heavy atom. The molecule has 0 saturated carbocycles. The number of rotatable bonds is 17. The van der Waals surface area contributed by atoms with E-state index in [4.69, 9.17) is 15.0 Å². The highest BCUT2D eigenvalue weighted by Gasteiger charge is 2.52. The summed E-state index contributed by atoms with van der Waals surface area (Å²) in [5, 5.41) is 0. The van der Waals surface area contributed by atoms with E-state index in [2.05, 4.69) is 516 Å². The van der Waals surface area contributed by atoms with E-state index in [0.717, 1.165) is 106 Å². The maximum absolute atomic E-state index is 5.06. The number of fused-ring (bicyclic) bond motifs is 13. The van der Waals surface area contributed by atoms with E-state index in [-0.39, 0.29) is 0 Å². The van der Waals surface area contributed by atoms with Crippen LogP contribution in [0.1, 0.15) is 44.5 Å². The van der Waals surface area contributed by atoms with Crippen molar-refractivity contribution in [3.8, 4) is 201 Å². The van der Waals surface area contributed by atoms with Crippen molar-refractivity contribution in [2.45, 2.75) is 10.8 Å². The van der Waals surface area contributed by atoms with Crippen molar-refractivity contribution >= 4 is 0 Å². The summed E-state index contributed by atoms with van der Waals surface area (Å²) in [4.78, 5) is 15.0. The van der Waals surface area contributed by atoms with Gasteiger partial charge < -0.3 is 0 Å². The lowest BCUT2D eigenvalue weighted by molar-refractivity contribution is 0.770. The molecule has 1 heterocycles. The van der Waals surface area contributed by atoms with Gasteiger partial charge in [-0.15, -0.1) is 0 Å². The van der Waals surface area contributed by atoms with Gasteiger partial charge in [-0.1, -0.05) is 437 Å². The molecule has 140 heavy (non-hydrogen) atoms. The second kappa shape index (κ2) is 35.9. The highest BCUT2D eigenvalue weighted by Crippen LogP contribution is 2.64. The van der Waals surface area contributed by atoms with Crippen LogP contribution < -0.4 is 0 Å². The minimum Gasteiger partial charge on any atom is -0.208 e. The average Bonchev–Trinajstić information content (AvgIpc) is 1.51. The lowest BCUT2D eigenvalue weighted by Gasteiger charge is -2.35. The molecule has 0 unspecified atom stereocenters. The molecule has 23 aromatic rings. The second-order valence-electron chi connectivity index (χ2n) is 36.7. The minimum atomic E-state index is -0.889. The summed E-state index contributed by atoms with van der Waals surface area (Å²) >= 11 is 0. The Morgan fingerprint density at radius 1 is 0.100 bits per heavy atom. The highest BCUT2D eigenvalue weighted by molar-refractivity contribution is 5.98. The van der Waals surface area contributed by atoms with Gasteiger partial charge in [0.1, 0.15) is 0 Å². The molecule has 26 rings (SSSR count). The molecule has 0 amide bonds. The van der Waals surface area contributed by atoms with Crippen molar-refractivity contribution in [1.29, 1.82) is 0 Å². The van der Waals surface area contributed by atoms with Crippen LogP contribution in [0.2, 0.25) is 0 Å². The van der Waals surface area contributed by atoms with Crippen LogP contribution in [0.25, 0.3) is 201 Å². The summed E-state index contributed by atoms with van der Waals surface area (Å²) < 4.78 is 0. The monoisotopic (exact) mass is 1780 g/mol. The molecule has 1 spiro atoms. The van der Waals surface area contributed by atoms with Crippen molar-refractivity contribution in [1.82, 2.24) is 15.0 Å². The largest absolute Gasteiger partial charge is 0.208 e. The van der Waals surface area contributed by atoms with Crippen LogP contribution in [0.3, 0.4) is 0 Å². The van der Waals surface area contributed by atoms with Gasteiger partial charge in [-0.05, 0) is 327 Å². The molecule has 3 heteroatoms. The molecule has 3 nitrogen and oxygen atoms in total. The van der Waals surface area contributed by atoms with Gasteiger partial charge in [0.25, 0.3) is 0 Å². The van der Waals surface area contributed by atoms with Crippen LogP contribution in [0.5, 0.6) is 0 Å². The molecule has 0 fully saturated rings. The van der Waals surface area contributed by atoms with Gasteiger partial charge in [0.15, 0.2) is 17.5 Å². The number of hydrogen-bond acceptors (Lipinski definition) is 3. The fraction of sp³-hybridized carbons (Fsp3) is 0.0146. The molecule has 0 radical (unpaired) electrons. The SMILES string of the molecule is c1ccc(-c2cc(-c3ccccc3)cc(-c3cc(-c4cc(-c5ccccc5)cc(-c5ccccc5)c4)cc(C4(c5cc(-c6cc(-c7ccccc7)cc(-c7ccccc7)c6)cc(-c6cc(-c7ccccc7)cc(-c7ccccc7)c6)c5)c5ccccc5-c5ccccc54)c3)c2)cc1.c1ccc(-c2nc(-c3ccccc3)nc(-c3ccc4c(c3)C3(c5ccccc5-c5ccccc53)c3ccccc3-4)n2)cc1. The first-order chi connectivity index (χ1) is 69.3. The van der Waals surface area contributed by atoms with Crippen molar-refractivity contribution < 1.29 is 0 Å². The lowest BCUT2D eigenvalue weighted by atomic mass is 9.66. The maximum atomic E-state index is 5.06. The fourth-order valence-corrected chi connectivity index (χ4v) is 22.1. The molecular weight excluding hydrogens is 1690 g/mol. The predicted molar refractivity (Wildman–Crippen MR) is 581 cm³/mol. The van der Waals surface area contributed by atoms with Crippen LogP contribution in [0, 0.1) is 0 Å². The standard InChI is InChI=1S/C97H66.C40H25N3/c1-9-29-67(30-10-1)75-49-76(68-31-11-2-12-32-68)54-83(53-75)87-61-88(84-55-77(69-33-13-3-14-34-69)50-78(56-84)70-35-15-4-16-36-70)64-91(63-87)97(95-47-27-25-45-93(95)94-46-26-28-48-96(94)97)92-65-89(85-57-79(71-37-17-5-18-38-71)51-80(58-85)72-39-19-6-20-40-72)62-90(66-92)86-59-81(73-41-21-7-22-42-73)52-82(60-86)74-43-23-8-24-44-74;1-3-13-26(14-4-1)37-41-38(27-15-5-2-6-16-27)43-39(42-37)28-23-24-32-31-19-9-12-22-35(31)40(36(32)25-28)33-20-10-7-17-29(33)30-18-8-11-21-34(30)40/h1-66H;1-25H. The molecule has 0 N–H and O–H groups in total. The molecule has 22 aromatic carbocycles. The van der Waals surface area contributed by atoms with Gasteiger partial charge >= 0.3 is 0 Å². The second-order valence-corrected chi connectivity index (χ2v) is 36.7. The number of hydrogen-bond donors (Lipinski definition) is 0. The van der Waals surface area contributed by atoms with Gasteiger partial charge in [0.05, 0.1) is 10.8 Å². The van der Waals surface area contributed by atoms with Crippen LogP contribution in [0.15, 0.2) is 552 Å². The Bertz CT molecular complexity index is 7610. The molecule has 0 atom stereocenters. The summed E-state index contributed by atoms with van der Waals surface area (Å²) in [6, 6.07) is 203. The third-order valence-electron chi connectivity index (χ3n) is 28.6. The third kappa shape index (κ3) is 15.2. The van der Waals surface area contributed by atoms with Crippen molar-refractivity contribution in [2.24, 2.45) is 0 Å². The third-order valence-corrected chi connectivity index (χ3v) is 28.6. The van der Waals surface area contributed by atoms with Gasteiger partial charge in [-0.2, -0.15) is 0 Å².